The highest BCUT2D eigenvalue weighted by Gasteiger charge is 2.42. The Morgan fingerprint density at radius 1 is 1.20 bits per heavy atom. The van der Waals surface area contributed by atoms with Crippen LogP contribution in [0.15, 0.2) is 42.5 Å². The fourth-order valence-corrected chi connectivity index (χ4v) is 4.16. The van der Waals surface area contributed by atoms with Crippen molar-refractivity contribution in [3.05, 3.63) is 48.0 Å². The Morgan fingerprint density at radius 3 is 2.95 bits per heavy atom. The number of nitrogens with one attached hydrogen (secondary N) is 1. The zero-order valence-electron chi connectivity index (χ0n) is 12.0. The molecule has 3 aliphatic rings. The summed E-state index contributed by atoms with van der Waals surface area (Å²) in [5.41, 5.74) is 1.44. The first-order valence-electron chi connectivity index (χ1n) is 8.07. The molecule has 1 N–H and O–H groups in total. The molecule has 0 amide bonds. The molecule has 0 aromatic heterocycles. The van der Waals surface area contributed by atoms with Crippen molar-refractivity contribution in [3.8, 4) is 0 Å². The summed E-state index contributed by atoms with van der Waals surface area (Å²) < 4.78 is 0. The Balaban J connectivity index is 1.27. The van der Waals surface area contributed by atoms with Crippen LogP contribution in [-0.4, -0.2) is 30.1 Å². The normalized spacial score (nSPS) is 36.0. The summed E-state index contributed by atoms with van der Waals surface area (Å²) in [7, 11) is 0. The lowest BCUT2D eigenvalue weighted by atomic mass is 9.71. The number of hydrogen-bond donors (Lipinski definition) is 1. The van der Waals surface area contributed by atoms with Crippen LogP contribution < -0.4 is 5.32 Å². The minimum absolute atomic E-state index is 0.707. The summed E-state index contributed by atoms with van der Waals surface area (Å²) in [4.78, 5) is 2.59. The Hall–Kier alpha value is -1.12. The third-order valence-corrected chi connectivity index (χ3v) is 5.33. The summed E-state index contributed by atoms with van der Waals surface area (Å²) in [5, 5.41) is 3.91. The fourth-order valence-electron chi connectivity index (χ4n) is 4.16. The highest BCUT2D eigenvalue weighted by Crippen LogP contribution is 2.43. The molecule has 1 aromatic carbocycles. The van der Waals surface area contributed by atoms with Crippen molar-refractivity contribution in [2.45, 2.75) is 37.9 Å². The maximum Gasteiger partial charge on any atom is 0.0234 e. The largest absolute Gasteiger partial charge is 0.309 e. The van der Waals surface area contributed by atoms with Crippen LogP contribution in [0, 0.1) is 11.8 Å². The monoisotopic (exact) mass is 268 g/mol. The van der Waals surface area contributed by atoms with Crippen molar-refractivity contribution < 1.29 is 0 Å². The molecule has 0 spiro atoms. The Morgan fingerprint density at radius 2 is 2.10 bits per heavy atom. The van der Waals surface area contributed by atoms with Crippen molar-refractivity contribution in [2.75, 3.05) is 13.1 Å². The van der Waals surface area contributed by atoms with Crippen LogP contribution in [0.2, 0.25) is 0 Å². The molecule has 106 valence electrons. The minimum Gasteiger partial charge on any atom is -0.309 e. The second-order valence-electron chi connectivity index (χ2n) is 6.72. The number of rotatable bonds is 4. The van der Waals surface area contributed by atoms with Gasteiger partial charge >= 0.3 is 0 Å². The van der Waals surface area contributed by atoms with Crippen LogP contribution in [0.25, 0.3) is 0 Å². The SMILES string of the molecule is C1=CC2C(C1)CC2NC1CCN(Cc2ccccc2)C1. The predicted molar refractivity (Wildman–Crippen MR) is 82.4 cm³/mol. The molecule has 1 aliphatic heterocycles. The van der Waals surface area contributed by atoms with Crippen LogP contribution in [0.3, 0.4) is 0 Å². The van der Waals surface area contributed by atoms with Gasteiger partial charge in [0.2, 0.25) is 0 Å². The number of likely N-dealkylation sites (tertiary alicyclic amines) is 1. The van der Waals surface area contributed by atoms with Crippen LogP contribution in [0.5, 0.6) is 0 Å². The van der Waals surface area contributed by atoms with Crippen LogP contribution in [0.1, 0.15) is 24.8 Å². The van der Waals surface area contributed by atoms with E-state index in [1.165, 1.54) is 37.9 Å². The fraction of sp³-hybridized carbons (Fsp3) is 0.556. The van der Waals surface area contributed by atoms with Crippen LogP contribution >= 0.6 is 0 Å². The van der Waals surface area contributed by atoms with Crippen LogP contribution in [0.4, 0.5) is 0 Å². The second kappa shape index (κ2) is 5.34. The van der Waals surface area contributed by atoms with Gasteiger partial charge in [-0.25, -0.2) is 0 Å². The number of allylic oxidation sites excluding steroid dienone is 1. The van der Waals surface area contributed by atoms with Gasteiger partial charge in [-0.3, -0.25) is 4.90 Å². The highest BCUT2D eigenvalue weighted by molar-refractivity contribution is 5.15. The van der Waals surface area contributed by atoms with Crippen LogP contribution in [-0.2, 0) is 6.54 Å². The quantitative estimate of drug-likeness (QED) is 0.845. The summed E-state index contributed by atoms with van der Waals surface area (Å²) in [6.45, 7) is 3.56. The van der Waals surface area contributed by atoms with Crippen molar-refractivity contribution >= 4 is 0 Å². The molecule has 20 heavy (non-hydrogen) atoms. The lowest BCUT2D eigenvalue weighted by Gasteiger charge is -2.42. The molecule has 1 aromatic rings. The van der Waals surface area contributed by atoms with E-state index >= 15 is 0 Å². The van der Waals surface area contributed by atoms with E-state index < -0.39 is 0 Å². The van der Waals surface area contributed by atoms with Gasteiger partial charge in [-0.15, -0.1) is 0 Å². The molecular weight excluding hydrogens is 244 g/mol. The van der Waals surface area contributed by atoms with Crippen molar-refractivity contribution in [1.29, 1.82) is 0 Å². The van der Waals surface area contributed by atoms with Crippen molar-refractivity contribution in [1.82, 2.24) is 10.2 Å². The minimum atomic E-state index is 0.707. The molecule has 4 unspecified atom stereocenters. The summed E-state index contributed by atoms with van der Waals surface area (Å²) in [5.74, 6) is 1.81. The second-order valence-corrected chi connectivity index (χ2v) is 6.72. The van der Waals surface area contributed by atoms with E-state index in [1.54, 1.807) is 0 Å². The third-order valence-electron chi connectivity index (χ3n) is 5.33. The standard InChI is InChI=1S/C18H24N2/c1-2-5-14(6-3-1)12-20-10-9-16(13-20)19-18-11-15-7-4-8-17(15)18/h1-6,8,15-19H,7,9-13H2. The first kappa shape index (κ1) is 12.6. The first-order chi connectivity index (χ1) is 9.88. The van der Waals surface area contributed by atoms with Gasteiger partial charge in [0.05, 0.1) is 0 Å². The lowest BCUT2D eigenvalue weighted by molar-refractivity contribution is 0.149. The van der Waals surface area contributed by atoms with Gasteiger partial charge in [0, 0.05) is 31.7 Å². The molecule has 2 fully saturated rings. The van der Waals surface area contributed by atoms with E-state index in [9.17, 15) is 0 Å². The van der Waals surface area contributed by atoms with Gasteiger partial charge in [0.25, 0.3) is 0 Å². The molecule has 1 saturated carbocycles. The molecule has 0 radical (unpaired) electrons. The first-order valence-corrected chi connectivity index (χ1v) is 8.07. The molecule has 2 heteroatoms. The maximum atomic E-state index is 3.91. The molecule has 1 heterocycles. The summed E-state index contributed by atoms with van der Waals surface area (Å²) in [6.07, 6.45) is 8.86. The smallest absolute Gasteiger partial charge is 0.0234 e. The molecule has 0 bridgehead atoms. The third kappa shape index (κ3) is 2.43. The number of nitrogens with zero attached hydrogens (tertiary/aromatic N) is 1. The number of hydrogen-bond acceptors (Lipinski definition) is 2. The summed E-state index contributed by atoms with van der Waals surface area (Å²) >= 11 is 0. The van der Waals surface area contributed by atoms with E-state index in [0.29, 0.717) is 6.04 Å². The van der Waals surface area contributed by atoms with E-state index in [1.807, 2.05) is 0 Å². The van der Waals surface area contributed by atoms with E-state index in [0.717, 1.165) is 24.4 Å². The highest BCUT2D eigenvalue weighted by atomic mass is 15.2. The molecule has 2 aliphatic carbocycles. The molecule has 4 rings (SSSR count). The Bertz CT molecular complexity index is 481. The molecule has 2 nitrogen and oxygen atoms in total. The van der Waals surface area contributed by atoms with Gasteiger partial charge < -0.3 is 5.32 Å². The maximum absolute atomic E-state index is 3.91. The van der Waals surface area contributed by atoms with Gasteiger partial charge in [-0.05, 0) is 36.7 Å². The van der Waals surface area contributed by atoms with E-state index in [4.69, 9.17) is 0 Å². The molecule has 4 atom stereocenters. The van der Waals surface area contributed by atoms with Gasteiger partial charge in [-0.1, -0.05) is 42.5 Å². The van der Waals surface area contributed by atoms with Gasteiger partial charge in [0.1, 0.15) is 0 Å². The van der Waals surface area contributed by atoms with E-state index in [2.05, 4.69) is 52.7 Å². The van der Waals surface area contributed by atoms with E-state index in [-0.39, 0.29) is 0 Å². The van der Waals surface area contributed by atoms with Gasteiger partial charge in [0.15, 0.2) is 0 Å². The topological polar surface area (TPSA) is 15.3 Å². The zero-order chi connectivity index (χ0) is 13.4. The predicted octanol–water partition coefficient (Wildman–Crippen LogP) is 2.82. The number of fused-ring (bicyclic) bond motifs is 1. The average molecular weight is 268 g/mol. The Kier molecular flexibility index (Phi) is 3.37. The zero-order valence-corrected chi connectivity index (χ0v) is 12.0. The average Bonchev–Trinajstić information content (AvgIpc) is 3.04. The summed E-state index contributed by atoms with van der Waals surface area (Å²) in [6, 6.07) is 12.3. The van der Waals surface area contributed by atoms with Crippen molar-refractivity contribution in [3.63, 3.8) is 0 Å². The number of benzene rings is 1. The Labute approximate surface area is 121 Å². The molecular formula is C18H24N2. The molecule has 1 saturated heterocycles. The lowest BCUT2D eigenvalue weighted by Crippen LogP contribution is -2.52. The van der Waals surface area contributed by atoms with Crippen molar-refractivity contribution in [2.24, 2.45) is 11.8 Å². The van der Waals surface area contributed by atoms with Gasteiger partial charge in [-0.2, -0.15) is 0 Å².